The fourth-order valence-electron chi connectivity index (χ4n) is 4.08. The molecule has 1 atom stereocenters. The van der Waals surface area contributed by atoms with Gasteiger partial charge in [0.2, 0.25) is 5.88 Å². The first-order valence-electron chi connectivity index (χ1n) is 11.3. The average Bonchev–Trinajstić information content (AvgIpc) is 3.40. The summed E-state index contributed by atoms with van der Waals surface area (Å²) in [6.45, 7) is 5.08. The van der Waals surface area contributed by atoms with Gasteiger partial charge in [0.15, 0.2) is 0 Å². The Labute approximate surface area is 197 Å². The van der Waals surface area contributed by atoms with Crippen molar-refractivity contribution in [3.63, 3.8) is 0 Å². The van der Waals surface area contributed by atoms with Gasteiger partial charge in [-0.3, -0.25) is 19.8 Å². The minimum atomic E-state index is -0.942. The predicted molar refractivity (Wildman–Crippen MR) is 127 cm³/mol. The zero-order chi connectivity index (χ0) is 23.5. The number of aliphatic hydroxyl groups excluding tert-OH is 1. The number of ether oxygens (including phenoxy) is 1. The third kappa shape index (κ3) is 4.90. The van der Waals surface area contributed by atoms with Crippen LogP contribution in [0, 0.1) is 0 Å². The van der Waals surface area contributed by atoms with Crippen molar-refractivity contribution in [2.24, 2.45) is 0 Å². The summed E-state index contributed by atoms with van der Waals surface area (Å²) >= 11 is 0. The van der Waals surface area contributed by atoms with Gasteiger partial charge < -0.3 is 14.7 Å². The molecule has 9 nitrogen and oxygen atoms in total. The number of pyridine rings is 2. The first-order valence-corrected chi connectivity index (χ1v) is 11.3. The number of aromatic nitrogens is 4. The minimum absolute atomic E-state index is 0.200. The van der Waals surface area contributed by atoms with Crippen molar-refractivity contribution in [1.29, 1.82) is 0 Å². The van der Waals surface area contributed by atoms with E-state index in [9.17, 15) is 9.90 Å². The van der Waals surface area contributed by atoms with Crippen LogP contribution in [0.4, 0.5) is 0 Å². The third-order valence-electron chi connectivity index (χ3n) is 5.93. The number of carbonyl (C=O) groups is 1. The molecule has 0 spiro atoms. The van der Waals surface area contributed by atoms with E-state index in [1.54, 1.807) is 17.3 Å². The molecule has 0 unspecified atom stereocenters. The van der Waals surface area contributed by atoms with E-state index in [0.29, 0.717) is 24.7 Å². The summed E-state index contributed by atoms with van der Waals surface area (Å²) in [5.74, 6) is 0.981. The number of nitrogens with one attached hydrogen (secondary N) is 1. The predicted octanol–water partition coefficient (Wildman–Crippen LogP) is 2.84. The average molecular weight is 459 g/mol. The van der Waals surface area contributed by atoms with Crippen molar-refractivity contribution in [2.75, 3.05) is 26.2 Å². The van der Waals surface area contributed by atoms with Crippen LogP contribution in [0.5, 0.6) is 11.6 Å². The Morgan fingerprint density at radius 3 is 2.65 bits per heavy atom. The largest absolute Gasteiger partial charge is 0.439 e. The number of hydrogen-bond donors (Lipinski definition) is 2. The number of hydrogen-bond acceptors (Lipinski definition) is 7. The summed E-state index contributed by atoms with van der Waals surface area (Å²) in [5, 5.41) is 17.4. The van der Waals surface area contributed by atoms with Gasteiger partial charge in [-0.05, 0) is 42.8 Å². The smallest absolute Gasteiger partial charge is 0.251 e. The highest BCUT2D eigenvalue weighted by atomic mass is 16.5. The lowest BCUT2D eigenvalue weighted by Crippen LogP contribution is -2.50. The van der Waals surface area contributed by atoms with Crippen LogP contribution in [-0.4, -0.2) is 73.3 Å². The van der Waals surface area contributed by atoms with E-state index in [1.165, 1.54) is 6.92 Å². The summed E-state index contributed by atoms with van der Waals surface area (Å²) in [6.07, 6.45) is 4.39. The minimum Gasteiger partial charge on any atom is -0.439 e. The molecule has 174 valence electrons. The number of fused-ring (bicyclic) bond motifs is 1. The molecule has 0 radical (unpaired) electrons. The van der Waals surface area contributed by atoms with Gasteiger partial charge in [0.25, 0.3) is 5.91 Å². The lowest BCUT2D eigenvalue weighted by atomic mass is 10.1. The number of nitrogens with zero attached hydrogens (tertiary/aromatic N) is 5. The number of amides is 1. The molecule has 0 aliphatic carbocycles. The first-order chi connectivity index (χ1) is 16.5. The number of rotatable bonds is 6. The molecule has 0 saturated carbocycles. The van der Waals surface area contributed by atoms with Gasteiger partial charge in [-0.15, -0.1) is 0 Å². The van der Waals surface area contributed by atoms with E-state index in [0.717, 1.165) is 47.4 Å². The van der Waals surface area contributed by atoms with E-state index in [2.05, 4.69) is 31.1 Å². The van der Waals surface area contributed by atoms with Gasteiger partial charge >= 0.3 is 0 Å². The second kappa shape index (κ2) is 9.58. The fourth-order valence-corrected chi connectivity index (χ4v) is 4.08. The Morgan fingerprint density at radius 2 is 1.94 bits per heavy atom. The number of H-pyrrole nitrogens is 1. The van der Waals surface area contributed by atoms with Crippen molar-refractivity contribution in [3.05, 3.63) is 66.6 Å². The van der Waals surface area contributed by atoms with Gasteiger partial charge in [-0.25, -0.2) is 4.98 Å². The first kappa shape index (κ1) is 22.0. The third-order valence-corrected chi connectivity index (χ3v) is 5.93. The Kier molecular flexibility index (Phi) is 6.20. The Hall–Kier alpha value is -3.82. The summed E-state index contributed by atoms with van der Waals surface area (Å²) in [7, 11) is 0. The molecule has 0 bridgehead atoms. The highest BCUT2D eigenvalue weighted by Gasteiger charge is 2.23. The molecule has 1 aliphatic rings. The SMILES string of the molecule is C[C@H](O)C(=O)N1CCN(Cc2cnc3cc(Oc4ccc(-c5ccn[nH]5)cn4)ccc3c2)CC1. The molecule has 9 heteroatoms. The van der Waals surface area contributed by atoms with Gasteiger partial charge in [-0.1, -0.05) is 0 Å². The molecule has 4 aromatic rings. The molecule has 5 rings (SSSR count). The van der Waals surface area contributed by atoms with Gasteiger partial charge in [-0.2, -0.15) is 5.10 Å². The molecule has 1 aromatic carbocycles. The summed E-state index contributed by atoms with van der Waals surface area (Å²) in [6, 6.07) is 13.6. The molecule has 4 heterocycles. The molecule has 2 N–H and O–H groups in total. The number of aromatic amines is 1. The van der Waals surface area contributed by atoms with E-state index in [-0.39, 0.29) is 5.91 Å². The van der Waals surface area contributed by atoms with Crippen LogP contribution >= 0.6 is 0 Å². The van der Waals surface area contributed by atoms with Gasteiger partial charge in [0, 0.05) is 74.4 Å². The summed E-state index contributed by atoms with van der Waals surface area (Å²) < 4.78 is 5.92. The number of aliphatic hydroxyl groups is 1. The normalized spacial score (nSPS) is 15.4. The molecular formula is C25H26N6O3. The molecular weight excluding hydrogens is 432 g/mol. The van der Waals surface area contributed by atoms with Crippen molar-refractivity contribution >= 4 is 16.8 Å². The monoisotopic (exact) mass is 458 g/mol. The molecule has 1 amide bonds. The Morgan fingerprint density at radius 1 is 1.09 bits per heavy atom. The molecule has 1 aliphatic heterocycles. The van der Waals surface area contributed by atoms with Crippen LogP contribution in [0.25, 0.3) is 22.2 Å². The van der Waals surface area contributed by atoms with Gasteiger partial charge in [0.05, 0.1) is 11.2 Å². The summed E-state index contributed by atoms with van der Waals surface area (Å²) in [4.78, 5) is 25.0. The van der Waals surface area contributed by atoms with Crippen LogP contribution < -0.4 is 4.74 Å². The number of carbonyl (C=O) groups excluding carboxylic acids is 1. The quantitative estimate of drug-likeness (QED) is 0.457. The van der Waals surface area contributed by atoms with E-state index in [1.807, 2.05) is 42.6 Å². The molecule has 1 fully saturated rings. The lowest BCUT2D eigenvalue weighted by Gasteiger charge is -2.35. The van der Waals surface area contributed by atoms with E-state index >= 15 is 0 Å². The second-order valence-electron chi connectivity index (χ2n) is 8.43. The fraction of sp³-hybridized carbons (Fsp3) is 0.280. The second-order valence-corrected chi connectivity index (χ2v) is 8.43. The molecule has 1 saturated heterocycles. The standard InChI is InChI=1S/C25H26N6O3/c1-17(32)25(33)31-10-8-30(9-11-31)16-18-12-19-2-4-21(13-23(19)26-14-18)34-24-5-3-20(15-27-24)22-6-7-28-29-22/h2-7,12-15,17,32H,8-11,16H2,1H3,(H,28,29)/t17-/m0/s1. The van der Waals surface area contributed by atoms with Crippen molar-refractivity contribution in [3.8, 4) is 22.9 Å². The topological polar surface area (TPSA) is 107 Å². The van der Waals surface area contributed by atoms with Crippen LogP contribution in [0.2, 0.25) is 0 Å². The van der Waals surface area contributed by atoms with Crippen LogP contribution in [0.3, 0.4) is 0 Å². The van der Waals surface area contributed by atoms with Crippen molar-refractivity contribution < 1.29 is 14.6 Å². The maximum atomic E-state index is 11.9. The summed E-state index contributed by atoms with van der Waals surface area (Å²) in [5.41, 5.74) is 3.81. The molecule has 34 heavy (non-hydrogen) atoms. The van der Waals surface area contributed by atoms with Crippen molar-refractivity contribution in [2.45, 2.75) is 19.6 Å². The lowest BCUT2D eigenvalue weighted by molar-refractivity contribution is -0.141. The number of piperazine rings is 1. The Bertz CT molecular complexity index is 1270. The van der Waals surface area contributed by atoms with E-state index < -0.39 is 6.10 Å². The van der Waals surface area contributed by atoms with Crippen molar-refractivity contribution in [1.82, 2.24) is 30.0 Å². The van der Waals surface area contributed by atoms with E-state index in [4.69, 9.17) is 4.74 Å². The highest BCUT2D eigenvalue weighted by Crippen LogP contribution is 2.26. The highest BCUT2D eigenvalue weighted by molar-refractivity contribution is 5.81. The maximum Gasteiger partial charge on any atom is 0.251 e. The maximum absolute atomic E-state index is 11.9. The molecule has 3 aromatic heterocycles. The zero-order valence-corrected chi connectivity index (χ0v) is 18.9. The zero-order valence-electron chi connectivity index (χ0n) is 18.9. The van der Waals surface area contributed by atoms with Gasteiger partial charge in [0.1, 0.15) is 11.9 Å². The van der Waals surface area contributed by atoms with Crippen LogP contribution in [-0.2, 0) is 11.3 Å². The Balaban J connectivity index is 1.21. The number of benzene rings is 1. The van der Waals surface area contributed by atoms with Crippen LogP contribution in [0.1, 0.15) is 12.5 Å². The van der Waals surface area contributed by atoms with Crippen LogP contribution in [0.15, 0.2) is 61.1 Å².